The van der Waals surface area contributed by atoms with Crippen LogP contribution >= 0.6 is 0 Å². The fourth-order valence-corrected chi connectivity index (χ4v) is 2.99. The number of methoxy groups -OCH3 is 2. The van der Waals surface area contributed by atoms with Gasteiger partial charge in [-0.2, -0.15) is 8.42 Å². The van der Waals surface area contributed by atoms with Crippen LogP contribution in [0.25, 0.3) is 0 Å². The van der Waals surface area contributed by atoms with E-state index in [-0.39, 0.29) is 42.4 Å². The molecular formula is C12H16NaO6S. The smallest absolute Gasteiger partial charge is 0.295 e. The number of hydrogen-bond acceptors (Lipinski definition) is 5. The van der Waals surface area contributed by atoms with Crippen LogP contribution in [0.2, 0.25) is 0 Å². The third-order valence-corrected chi connectivity index (χ3v) is 4.75. The third kappa shape index (κ3) is 3.13. The maximum atomic E-state index is 11.2. The summed E-state index contributed by atoms with van der Waals surface area (Å²) in [6.45, 7) is 0. The minimum absolute atomic E-state index is 0. The number of rotatable bonds is 3. The first-order valence-electron chi connectivity index (χ1n) is 5.74. The maximum absolute atomic E-state index is 11.2. The average Bonchev–Trinajstić information content (AvgIpc) is 2.35. The van der Waals surface area contributed by atoms with Gasteiger partial charge in [0.25, 0.3) is 10.1 Å². The summed E-state index contributed by atoms with van der Waals surface area (Å²) in [6, 6.07) is 3.39. The molecule has 0 spiro atoms. The molecule has 0 saturated carbocycles. The van der Waals surface area contributed by atoms with Crippen LogP contribution in [0.3, 0.4) is 0 Å². The molecule has 0 saturated heterocycles. The Balaban J connectivity index is 0.00000200. The largest absolute Gasteiger partial charge is 0.493 e. The van der Waals surface area contributed by atoms with Crippen molar-refractivity contribution in [2.24, 2.45) is 0 Å². The Bertz CT molecular complexity index is 600. The van der Waals surface area contributed by atoms with Crippen LogP contribution in [-0.2, 0) is 23.0 Å². The number of ether oxygens (including phenoxy) is 2. The van der Waals surface area contributed by atoms with E-state index in [1.807, 2.05) is 0 Å². The zero-order chi connectivity index (χ0) is 14.3. The Morgan fingerprint density at radius 1 is 1.15 bits per heavy atom. The summed E-state index contributed by atoms with van der Waals surface area (Å²) < 4.78 is 41.9. The number of aliphatic hydroxyl groups is 1. The summed E-state index contributed by atoms with van der Waals surface area (Å²) >= 11 is 0. The molecule has 1 aliphatic carbocycles. The van der Waals surface area contributed by atoms with Gasteiger partial charge in [-0.1, -0.05) is 0 Å². The maximum Gasteiger partial charge on any atom is 0.295 e. The van der Waals surface area contributed by atoms with Crippen molar-refractivity contribution < 1.29 is 27.6 Å². The van der Waals surface area contributed by atoms with Crippen molar-refractivity contribution in [2.75, 3.05) is 14.2 Å². The van der Waals surface area contributed by atoms with Gasteiger partial charge >= 0.3 is 0 Å². The van der Waals surface area contributed by atoms with E-state index >= 15 is 0 Å². The molecule has 1 radical (unpaired) electrons. The van der Waals surface area contributed by atoms with E-state index in [4.69, 9.17) is 14.0 Å². The second kappa shape index (κ2) is 6.21. The van der Waals surface area contributed by atoms with Gasteiger partial charge in [0.2, 0.25) is 0 Å². The van der Waals surface area contributed by atoms with Gasteiger partial charge in [-0.3, -0.25) is 4.55 Å². The second-order valence-corrected chi connectivity index (χ2v) is 6.28. The summed E-state index contributed by atoms with van der Waals surface area (Å²) in [5.41, 5.74) is 1.51. The monoisotopic (exact) mass is 311 g/mol. The van der Waals surface area contributed by atoms with E-state index < -0.39 is 15.1 Å². The molecule has 1 aromatic carbocycles. The zero-order valence-electron chi connectivity index (χ0n) is 11.7. The van der Waals surface area contributed by atoms with Crippen molar-refractivity contribution in [3.05, 3.63) is 23.3 Å². The summed E-state index contributed by atoms with van der Waals surface area (Å²) in [7, 11) is -1.53. The first kappa shape index (κ1) is 17.7. The SMILES string of the molecule is COc1cc2c(cc1OC)CC(O)(S(=O)(=O)O)CC2.[Na]. The van der Waals surface area contributed by atoms with Crippen molar-refractivity contribution in [1.82, 2.24) is 0 Å². The molecule has 20 heavy (non-hydrogen) atoms. The van der Waals surface area contributed by atoms with Crippen LogP contribution in [0.4, 0.5) is 0 Å². The van der Waals surface area contributed by atoms with Gasteiger partial charge in [-0.15, -0.1) is 0 Å². The van der Waals surface area contributed by atoms with Crippen molar-refractivity contribution in [1.29, 1.82) is 0 Å². The van der Waals surface area contributed by atoms with E-state index in [9.17, 15) is 13.5 Å². The van der Waals surface area contributed by atoms with Gasteiger partial charge in [0, 0.05) is 36.0 Å². The van der Waals surface area contributed by atoms with E-state index in [0.29, 0.717) is 23.5 Å². The number of benzene rings is 1. The Morgan fingerprint density at radius 3 is 2.10 bits per heavy atom. The molecule has 1 aromatic rings. The number of aryl methyl sites for hydroxylation is 1. The van der Waals surface area contributed by atoms with Crippen LogP contribution in [0.1, 0.15) is 17.5 Å². The van der Waals surface area contributed by atoms with Gasteiger partial charge in [0.1, 0.15) is 0 Å². The summed E-state index contributed by atoms with van der Waals surface area (Å²) in [6.07, 6.45) is 0.127. The molecule has 1 atom stereocenters. The predicted molar refractivity (Wildman–Crippen MR) is 73.8 cm³/mol. The Hall–Kier alpha value is -0.310. The zero-order valence-corrected chi connectivity index (χ0v) is 14.5. The molecule has 0 bridgehead atoms. The van der Waals surface area contributed by atoms with Crippen molar-refractivity contribution in [3.8, 4) is 11.5 Å². The standard InChI is InChI=1S/C12H16O6S.Na/c1-17-10-5-8-3-4-12(13,19(14,15)16)7-9(8)6-11(10)18-2;/h5-6,13H,3-4,7H2,1-2H3,(H,14,15,16);. The number of hydrogen-bond donors (Lipinski definition) is 2. The summed E-state index contributed by atoms with van der Waals surface area (Å²) in [4.78, 5) is -2.13. The first-order valence-corrected chi connectivity index (χ1v) is 7.18. The predicted octanol–water partition coefficient (Wildman–Crippen LogP) is 0.388. The Kier molecular flexibility index (Phi) is 5.51. The fourth-order valence-electron chi connectivity index (χ4n) is 2.30. The van der Waals surface area contributed by atoms with Gasteiger partial charge in [-0.05, 0) is 36.1 Å². The Morgan fingerprint density at radius 2 is 1.65 bits per heavy atom. The topological polar surface area (TPSA) is 93.1 Å². The van der Waals surface area contributed by atoms with Gasteiger partial charge < -0.3 is 14.6 Å². The summed E-state index contributed by atoms with van der Waals surface area (Å²) in [5, 5.41) is 10.0. The van der Waals surface area contributed by atoms with Crippen LogP contribution in [0.5, 0.6) is 11.5 Å². The molecule has 0 aliphatic heterocycles. The van der Waals surface area contributed by atoms with E-state index in [0.717, 1.165) is 5.56 Å². The Labute approximate surface area is 140 Å². The molecule has 0 aromatic heterocycles. The molecule has 0 heterocycles. The molecule has 2 rings (SSSR count). The molecule has 1 aliphatic rings. The van der Waals surface area contributed by atoms with E-state index in [2.05, 4.69) is 0 Å². The molecule has 107 valence electrons. The fraction of sp³-hybridized carbons (Fsp3) is 0.500. The molecule has 0 fully saturated rings. The van der Waals surface area contributed by atoms with Crippen LogP contribution in [-0.4, -0.2) is 66.8 Å². The molecule has 2 N–H and O–H groups in total. The first-order chi connectivity index (χ1) is 8.80. The summed E-state index contributed by atoms with van der Waals surface area (Å²) in [5.74, 6) is 1.01. The van der Waals surface area contributed by atoms with Gasteiger partial charge in [0.05, 0.1) is 14.2 Å². The van der Waals surface area contributed by atoms with Crippen LogP contribution in [0, 0.1) is 0 Å². The minimum atomic E-state index is -4.52. The average molecular weight is 311 g/mol. The number of fused-ring (bicyclic) bond motifs is 1. The van der Waals surface area contributed by atoms with Gasteiger partial charge in [0.15, 0.2) is 16.4 Å². The van der Waals surface area contributed by atoms with Gasteiger partial charge in [-0.25, -0.2) is 0 Å². The molecule has 1 unspecified atom stereocenters. The second-order valence-electron chi connectivity index (χ2n) is 4.57. The molecular weight excluding hydrogens is 295 g/mol. The van der Waals surface area contributed by atoms with Crippen LogP contribution in [0.15, 0.2) is 12.1 Å². The van der Waals surface area contributed by atoms with E-state index in [1.165, 1.54) is 14.2 Å². The third-order valence-electron chi connectivity index (χ3n) is 3.44. The van der Waals surface area contributed by atoms with E-state index in [1.54, 1.807) is 12.1 Å². The molecule has 0 amide bonds. The molecule has 8 heteroatoms. The normalized spacial score (nSPS) is 21.6. The minimum Gasteiger partial charge on any atom is -0.493 e. The molecule has 6 nitrogen and oxygen atoms in total. The van der Waals surface area contributed by atoms with Crippen molar-refractivity contribution in [3.63, 3.8) is 0 Å². The quantitative estimate of drug-likeness (QED) is 0.619. The van der Waals surface area contributed by atoms with Crippen molar-refractivity contribution in [2.45, 2.75) is 24.2 Å². The van der Waals surface area contributed by atoms with Crippen molar-refractivity contribution >= 4 is 39.7 Å². The van der Waals surface area contributed by atoms with Crippen LogP contribution < -0.4 is 9.47 Å².